The average molecular weight is 457 g/mol. The molecular formula is C21H26Cl2N2O3S. The summed E-state index contributed by atoms with van der Waals surface area (Å²) in [5.74, 6) is -0.390. The molecule has 0 spiro atoms. The fourth-order valence-corrected chi connectivity index (χ4v) is 4.41. The van der Waals surface area contributed by atoms with E-state index in [0.29, 0.717) is 22.2 Å². The number of aryl methyl sites for hydroxylation is 1. The van der Waals surface area contributed by atoms with E-state index < -0.39 is 15.9 Å². The molecule has 2 rings (SSSR count). The Labute approximate surface area is 183 Å². The van der Waals surface area contributed by atoms with Crippen molar-refractivity contribution in [3.63, 3.8) is 0 Å². The van der Waals surface area contributed by atoms with Gasteiger partial charge in [-0.25, -0.2) is 8.42 Å². The Hall–Kier alpha value is -1.60. The second-order valence-corrected chi connectivity index (χ2v) is 10.9. The van der Waals surface area contributed by atoms with Crippen LogP contribution in [0.25, 0.3) is 0 Å². The van der Waals surface area contributed by atoms with Crippen molar-refractivity contribution in [3.05, 3.63) is 63.6 Å². The van der Waals surface area contributed by atoms with E-state index in [4.69, 9.17) is 23.2 Å². The molecule has 0 aliphatic carbocycles. The van der Waals surface area contributed by atoms with Crippen molar-refractivity contribution in [2.75, 3.05) is 13.1 Å². The first-order valence-electron chi connectivity index (χ1n) is 9.16. The van der Waals surface area contributed by atoms with Crippen LogP contribution in [-0.4, -0.2) is 31.7 Å². The molecule has 8 heteroatoms. The Balaban J connectivity index is 2.37. The minimum Gasteiger partial charge on any atom is -0.354 e. The molecule has 0 saturated carbocycles. The van der Waals surface area contributed by atoms with Gasteiger partial charge >= 0.3 is 0 Å². The molecule has 0 aromatic heterocycles. The molecule has 1 amide bonds. The van der Waals surface area contributed by atoms with Crippen LogP contribution in [0.2, 0.25) is 10.0 Å². The SMILES string of the molecule is Cc1ccc(S(=O)(=O)N(CC(=O)NCC(C)(C)C)Cc2c(Cl)cccc2Cl)cc1. The summed E-state index contributed by atoms with van der Waals surface area (Å²) >= 11 is 12.5. The summed E-state index contributed by atoms with van der Waals surface area (Å²) in [4.78, 5) is 12.6. The van der Waals surface area contributed by atoms with E-state index in [1.165, 1.54) is 12.1 Å². The second-order valence-electron chi connectivity index (χ2n) is 8.12. The van der Waals surface area contributed by atoms with Crippen molar-refractivity contribution in [2.45, 2.75) is 39.1 Å². The fourth-order valence-electron chi connectivity index (χ4n) is 2.52. The summed E-state index contributed by atoms with van der Waals surface area (Å²) in [6.07, 6.45) is 0. The summed E-state index contributed by atoms with van der Waals surface area (Å²) in [6.45, 7) is 7.80. The molecule has 158 valence electrons. The number of amides is 1. The Morgan fingerprint density at radius 3 is 2.10 bits per heavy atom. The Kier molecular flexibility index (Phi) is 7.74. The zero-order valence-corrected chi connectivity index (χ0v) is 19.3. The summed E-state index contributed by atoms with van der Waals surface area (Å²) in [7, 11) is -3.94. The molecule has 0 fully saturated rings. The van der Waals surface area contributed by atoms with Gasteiger partial charge in [-0.2, -0.15) is 4.31 Å². The minimum absolute atomic E-state index is 0.106. The van der Waals surface area contributed by atoms with Crippen molar-refractivity contribution < 1.29 is 13.2 Å². The molecule has 0 heterocycles. The predicted octanol–water partition coefficient (Wildman–Crippen LogP) is 4.66. The third-order valence-electron chi connectivity index (χ3n) is 4.19. The maximum absolute atomic E-state index is 13.3. The monoisotopic (exact) mass is 456 g/mol. The van der Waals surface area contributed by atoms with E-state index >= 15 is 0 Å². The van der Waals surface area contributed by atoms with Crippen LogP contribution < -0.4 is 5.32 Å². The lowest BCUT2D eigenvalue weighted by Gasteiger charge is -2.24. The zero-order valence-electron chi connectivity index (χ0n) is 17.0. The Morgan fingerprint density at radius 1 is 1.03 bits per heavy atom. The van der Waals surface area contributed by atoms with Gasteiger partial charge in [0.1, 0.15) is 0 Å². The number of nitrogens with one attached hydrogen (secondary N) is 1. The van der Waals surface area contributed by atoms with Gasteiger partial charge in [-0.15, -0.1) is 0 Å². The van der Waals surface area contributed by atoms with Crippen LogP contribution in [0.3, 0.4) is 0 Å². The summed E-state index contributed by atoms with van der Waals surface area (Å²) in [5, 5.41) is 3.48. The van der Waals surface area contributed by atoms with Crippen molar-refractivity contribution in [3.8, 4) is 0 Å². The highest BCUT2D eigenvalue weighted by atomic mass is 35.5. The molecule has 5 nitrogen and oxygen atoms in total. The van der Waals surface area contributed by atoms with Gasteiger partial charge in [-0.1, -0.05) is 67.7 Å². The van der Waals surface area contributed by atoms with Crippen LogP contribution in [0.15, 0.2) is 47.4 Å². The molecule has 0 aliphatic heterocycles. The average Bonchev–Trinajstić information content (AvgIpc) is 2.62. The van der Waals surface area contributed by atoms with Crippen LogP contribution in [-0.2, 0) is 21.4 Å². The lowest BCUT2D eigenvalue weighted by Crippen LogP contribution is -2.42. The largest absolute Gasteiger partial charge is 0.354 e. The van der Waals surface area contributed by atoms with Crippen LogP contribution in [0, 0.1) is 12.3 Å². The van der Waals surface area contributed by atoms with Gasteiger partial charge in [-0.3, -0.25) is 4.79 Å². The Morgan fingerprint density at radius 2 is 1.59 bits per heavy atom. The molecule has 1 N–H and O–H groups in total. The van der Waals surface area contributed by atoms with Crippen LogP contribution in [0.5, 0.6) is 0 Å². The predicted molar refractivity (Wildman–Crippen MR) is 118 cm³/mol. The number of carbonyl (C=O) groups is 1. The first-order chi connectivity index (χ1) is 13.4. The first-order valence-corrected chi connectivity index (χ1v) is 11.4. The molecule has 29 heavy (non-hydrogen) atoms. The highest BCUT2D eigenvalue weighted by Crippen LogP contribution is 2.28. The molecule has 0 radical (unpaired) electrons. The van der Waals surface area contributed by atoms with Crippen LogP contribution >= 0.6 is 23.2 Å². The van der Waals surface area contributed by atoms with E-state index in [9.17, 15) is 13.2 Å². The third-order valence-corrected chi connectivity index (χ3v) is 6.70. The number of nitrogens with zero attached hydrogens (tertiary/aromatic N) is 1. The van der Waals surface area contributed by atoms with Crippen LogP contribution in [0.4, 0.5) is 0 Å². The molecule has 0 unspecified atom stereocenters. The number of benzene rings is 2. The van der Waals surface area contributed by atoms with Crippen LogP contribution in [0.1, 0.15) is 31.9 Å². The van der Waals surface area contributed by atoms with Crippen molar-refractivity contribution in [2.24, 2.45) is 5.41 Å². The number of carbonyl (C=O) groups excluding carboxylic acids is 1. The summed E-state index contributed by atoms with van der Waals surface area (Å²) < 4.78 is 27.6. The van der Waals surface area contributed by atoms with Crippen molar-refractivity contribution >= 4 is 39.1 Å². The lowest BCUT2D eigenvalue weighted by atomic mass is 9.97. The molecule has 2 aromatic carbocycles. The quantitative estimate of drug-likeness (QED) is 0.658. The van der Waals surface area contributed by atoms with Gasteiger partial charge in [0.05, 0.1) is 11.4 Å². The van der Waals surface area contributed by atoms with E-state index in [2.05, 4.69) is 5.32 Å². The van der Waals surface area contributed by atoms with Gasteiger partial charge in [0.15, 0.2) is 0 Å². The van der Waals surface area contributed by atoms with E-state index in [1.807, 2.05) is 27.7 Å². The first kappa shape index (κ1) is 23.7. The number of rotatable bonds is 7. The third kappa shape index (κ3) is 6.71. The molecular weight excluding hydrogens is 431 g/mol. The van der Waals surface area contributed by atoms with Crippen molar-refractivity contribution in [1.29, 1.82) is 0 Å². The van der Waals surface area contributed by atoms with Crippen molar-refractivity contribution in [1.82, 2.24) is 9.62 Å². The van der Waals surface area contributed by atoms with Gasteiger partial charge in [-0.05, 0) is 36.6 Å². The van der Waals surface area contributed by atoms with Gasteiger partial charge < -0.3 is 5.32 Å². The number of hydrogen-bond donors (Lipinski definition) is 1. The fraction of sp³-hybridized carbons (Fsp3) is 0.381. The lowest BCUT2D eigenvalue weighted by molar-refractivity contribution is -0.121. The second kappa shape index (κ2) is 9.47. The molecule has 0 aliphatic rings. The highest BCUT2D eigenvalue weighted by molar-refractivity contribution is 7.89. The smallest absolute Gasteiger partial charge is 0.243 e. The Bertz CT molecular complexity index is 948. The standard InChI is InChI=1S/C21H26Cl2N2O3S/c1-15-8-10-16(11-9-15)29(27,28)25(13-20(26)24-14-21(2,3)4)12-17-18(22)6-5-7-19(17)23/h5-11H,12-14H2,1-4H3,(H,24,26). The van der Waals surface area contributed by atoms with Gasteiger partial charge in [0.2, 0.25) is 15.9 Å². The number of hydrogen-bond acceptors (Lipinski definition) is 3. The van der Waals surface area contributed by atoms with E-state index in [0.717, 1.165) is 9.87 Å². The van der Waals surface area contributed by atoms with E-state index in [1.54, 1.807) is 30.3 Å². The number of sulfonamides is 1. The zero-order chi connectivity index (χ0) is 21.8. The normalized spacial score (nSPS) is 12.2. The molecule has 0 atom stereocenters. The molecule has 0 saturated heterocycles. The van der Waals surface area contributed by atoms with Gasteiger partial charge in [0.25, 0.3) is 0 Å². The summed E-state index contributed by atoms with van der Waals surface area (Å²) in [6, 6.07) is 11.4. The maximum Gasteiger partial charge on any atom is 0.243 e. The summed E-state index contributed by atoms with van der Waals surface area (Å²) in [5.41, 5.74) is 1.27. The maximum atomic E-state index is 13.3. The molecule has 2 aromatic rings. The molecule has 0 bridgehead atoms. The van der Waals surface area contributed by atoms with E-state index in [-0.39, 0.29) is 23.4 Å². The highest BCUT2D eigenvalue weighted by Gasteiger charge is 2.28. The van der Waals surface area contributed by atoms with Gasteiger partial charge in [0, 0.05) is 28.7 Å². The number of halogens is 2. The topological polar surface area (TPSA) is 66.5 Å². The minimum atomic E-state index is -3.94.